The Morgan fingerprint density at radius 1 is 1.06 bits per heavy atom. The molecular formula is C14H15BrN2O. The molecule has 0 bridgehead atoms. The second kappa shape index (κ2) is 4.98. The van der Waals surface area contributed by atoms with E-state index in [0.717, 1.165) is 32.6 Å². The second-order valence-electron chi connectivity index (χ2n) is 4.35. The average molecular weight is 307 g/mol. The number of anilines is 1. The van der Waals surface area contributed by atoms with Gasteiger partial charge in [0.2, 0.25) is 5.88 Å². The van der Waals surface area contributed by atoms with Crippen LogP contribution < -0.4 is 10.5 Å². The Hall–Kier alpha value is -1.55. The quantitative estimate of drug-likeness (QED) is 0.848. The van der Waals surface area contributed by atoms with Gasteiger partial charge in [-0.15, -0.1) is 0 Å². The van der Waals surface area contributed by atoms with Gasteiger partial charge in [-0.3, -0.25) is 0 Å². The maximum Gasteiger partial charge on any atom is 0.222 e. The van der Waals surface area contributed by atoms with Gasteiger partial charge in [-0.2, -0.15) is 0 Å². The van der Waals surface area contributed by atoms with Crippen LogP contribution in [0.5, 0.6) is 11.6 Å². The molecule has 0 amide bonds. The summed E-state index contributed by atoms with van der Waals surface area (Å²) in [6.07, 6.45) is 1.72. The molecule has 1 aromatic heterocycles. The molecule has 18 heavy (non-hydrogen) atoms. The predicted molar refractivity (Wildman–Crippen MR) is 77.1 cm³/mol. The Bertz CT molecular complexity index is 597. The van der Waals surface area contributed by atoms with E-state index in [-0.39, 0.29) is 0 Å². The number of aromatic nitrogens is 1. The minimum absolute atomic E-state index is 0.601. The van der Waals surface area contributed by atoms with Gasteiger partial charge in [0, 0.05) is 28.0 Å². The first-order valence-corrected chi connectivity index (χ1v) is 6.43. The first-order valence-electron chi connectivity index (χ1n) is 5.64. The van der Waals surface area contributed by atoms with Crippen LogP contribution in [0.1, 0.15) is 16.7 Å². The van der Waals surface area contributed by atoms with Crippen molar-refractivity contribution in [2.75, 3.05) is 5.73 Å². The van der Waals surface area contributed by atoms with Crippen molar-refractivity contribution in [2.24, 2.45) is 0 Å². The van der Waals surface area contributed by atoms with E-state index in [2.05, 4.69) is 20.9 Å². The molecule has 0 aliphatic rings. The van der Waals surface area contributed by atoms with Crippen LogP contribution in [0.25, 0.3) is 0 Å². The molecule has 2 rings (SSSR count). The van der Waals surface area contributed by atoms with Crippen LogP contribution in [0.15, 0.2) is 28.9 Å². The molecule has 0 fully saturated rings. The maximum atomic E-state index is 5.90. The molecule has 1 aromatic carbocycles. The third-order valence-electron chi connectivity index (χ3n) is 2.77. The number of pyridine rings is 1. The van der Waals surface area contributed by atoms with Crippen molar-refractivity contribution in [2.45, 2.75) is 20.8 Å². The number of nitrogens with zero attached hydrogens (tertiary/aromatic N) is 1. The topological polar surface area (TPSA) is 48.1 Å². The summed E-state index contributed by atoms with van der Waals surface area (Å²) >= 11 is 3.38. The Morgan fingerprint density at radius 3 is 2.44 bits per heavy atom. The molecular weight excluding hydrogens is 292 g/mol. The van der Waals surface area contributed by atoms with E-state index < -0.39 is 0 Å². The van der Waals surface area contributed by atoms with E-state index in [1.807, 2.05) is 39.0 Å². The summed E-state index contributed by atoms with van der Waals surface area (Å²) in [6, 6.07) is 5.82. The lowest BCUT2D eigenvalue weighted by Crippen LogP contribution is -1.96. The van der Waals surface area contributed by atoms with E-state index in [4.69, 9.17) is 10.5 Å². The van der Waals surface area contributed by atoms with Gasteiger partial charge in [-0.1, -0.05) is 6.07 Å². The summed E-state index contributed by atoms with van der Waals surface area (Å²) in [7, 11) is 0. The minimum Gasteiger partial charge on any atom is -0.438 e. The molecule has 0 saturated carbocycles. The highest BCUT2D eigenvalue weighted by Crippen LogP contribution is 2.30. The number of hydrogen-bond acceptors (Lipinski definition) is 3. The number of hydrogen-bond donors (Lipinski definition) is 1. The standard InChI is InChI=1S/C14H15BrN2O/c1-8-4-9(2)13(6-12(8)16)18-14-10(3)5-11(15)7-17-14/h4-7H,16H2,1-3H3. The lowest BCUT2D eigenvalue weighted by Gasteiger charge is -2.12. The van der Waals surface area contributed by atoms with Crippen molar-refractivity contribution >= 4 is 21.6 Å². The lowest BCUT2D eigenvalue weighted by molar-refractivity contribution is 0.455. The SMILES string of the molecule is Cc1cc(C)c(Oc2ncc(Br)cc2C)cc1N. The van der Waals surface area contributed by atoms with Crippen molar-refractivity contribution in [3.05, 3.63) is 45.6 Å². The summed E-state index contributed by atoms with van der Waals surface area (Å²) < 4.78 is 6.76. The first-order chi connectivity index (χ1) is 8.47. The summed E-state index contributed by atoms with van der Waals surface area (Å²) in [5.74, 6) is 1.35. The number of benzene rings is 1. The Labute approximate surface area is 115 Å². The molecule has 2 aromatic rings. The van der Waals surface area contributed by atoms with E-state index in [9.17, 15) is 0 Å². The van der Waals surface area contributed by atoms with Crippen molar-refractivity contribution in [3.63, 3.8) is 0 Å². The molecule has 94 valence electrons. The molecule has 0 aliphatic heterocycles. The zero-order valence-corrected chi connectivity index (χ0v) is 12.2. The molecule has 3 nitrogen and oxygen atoms in total. The zero-order chi connectivity index (χ0) is 13.3. The highest BCUT2D eigenvalue weighted by molar-refractivity contribution is 9.10. The molecule has 0 saturated heterocycles. The van der Waals surface area contributed by atoms with Gasteiger partial charge in [0.25, 0.3) is 0 Å². The zero-order valence-electron chi connectivity index (χ0n) is 10.6. The van der Waals surface area contributed by atoms with E-state index >= 15 is 0 Å². The fourth-order valence-electron chi connectivity index (χ4n) is 1.70. The highest BCUT2D eigenvalue weighted by atomic mass is 79.9. The summed E-state index contributed by atoms with van der Waals surface area (Å²) in [5.41, 5.74) is 9.70. The van der Waals surface area contributed by atoms with Gasteiger partial charge < -0.3 is 10.5 Å². The third kappa shape index (κ3) is 2.64. The van der Waals surface area contributed by atoms with E-state index in [0.29, 0.717) is 5.88 Å². The smallest absolute Gasteiger partial charge is 0.222 e. The fourth-order valence-corrected chi connectivity index (χ4v) is 2.14. The van der Waals surface area contributed by atoms with Crippen molar-refractivity contribution < 1.29 is 4.74 Å². The summed E-state index contributed by atoms with van der Waals surface area (Å²) in [4.78, 5) is 4.26. The summed E-state index contributed by atoms with van der Waals surface area (Å²) in [6.45, 7) is 5.94. The van der Waals surface area contributed by atoms with Crippen LogP contribution in [0.2, 0.25) is 0 Å². The number of halogens is 1. The molecule has 0 unspecified atom stereocenters. The molecule has 0 atom stereocenters. The van der Waals surface area contributed by atoms with Crippen molar-refractivity contribution in [1.82, 2.24) is 4.98 Å². The molecule has 0 spiro atoms. The van der Waals surface area contributed by atoms with Gasteiger partial charge in [-0.05, 0) is 53.9 Å². The molecule has 1 heterocycles. The van der Waals surface area contributed by atoms with Crippen LogP contribution in [-0.4, -0.2) is 4.98 Å². The molecule has 0 radical (unpaired) electrons. The average Bonchev–Trinajstić information content (AvgIpc) is 2.29. The molecule has 2 N–H and O–H groups in total. The fraction of sp³-hybridized carbons (Fsp3) is 0.214. The maximum absolute atomic E-state index is 5.90. The number of rotatable bonds is 2. The monoisotopic (exact) mass is 306 g/mol. The first kappa shape index (κ1) is 12.9. The van der Waals surface area contributed by atoms with Crippen LogP contribution in [0.4, 0.5) is 5.69 Å². The van der Waals surface area contributed by atoms with Gasteiger partial charge in [0.15, 0.2) is 0 Å². The number of ether oxygens (including phenoxy) is 1. The molecule has 4 heteroatoms. The Morgan fingerprint density at radius 2 is 1.78 bits per heavy atom. The second-order valence-corrected chi connectivity index (χ2v) is 5.27. The third-order valence-corrected chi connectivity index (χ3v) is 3.20. The molecule has 0 aliphatic carbocycles. The number of nitrogens with two attached hydrogens (primary N) is 1. The van der Waals surface area contributed by atoms with Gasteiger partial charge >= 0.3 is 0 Å². The van der Waals surface area contributed by atoms with Crippen molar-refractivity contribution in [3.8, 4) is 11.6 Å². The van der Waals surface area contributed by atoms with Crippen LogP contribution in [-0.2, 0) is 0 Å². The van der Waals surface area contributed by atoms with Gasteiger partial charge in [0.1, 0.15) is 5.75 Å². The predicted octanol–water partition coefficient (Wildman–Crippen LogP) is 4.14. The van der Waals surface area contributed by atoms with E-state index in [1.54, 1.807) is 6.20 Å². The lowest BCUT2D eigenvalue weighted by atomic mass is 10.1. The Kier molecular flexibility index (Phi) is 3.57. The van der Waals surface area contributed by atoms with Crippen LogP contribution >= 0.6 is 15.9 Å². The van der Waals surface area contributed by atoms with Gasteiger partial charge in [-0.25, -0.2) is 4.98 Å². The largest absolute Gasteiger partial charge is 0.438 e. The van der Waals surface area contributed by atoms with Gasteiger partial charge in [0.05, 0.1) is 0 Å². The highest BCUT2D eigenvalue weighted by Gasteiger charge is 2.08. The number of nitrogen functional groups attached to an aromatic ring is 1. The van der Waals surface area contributed by atoms with E-state index in [1.165, 1.54) is 0 Å². The van der Waals surface area contributed by atoms with Crippen LogP contribution in [0.3, 0.4) is 0 Å². The van der Waals surface area contributed by atoms with Crippen LogP contribution in [0, 0.1) is 20.8 Å². The summed E-state index contributed by atoms with van der Waals surface area (Å²) in [5, 5.41) is 0. The normalized spacial score (nSPS) is 10.4. The Balaban J connectivity index is 2.37. The van der Waals surface area contributed by atoms with Crippen molar-refractivity contribution in [1.29, 1.82) is 0 Å². The minimum atomic E-state index is 0.601. The number of aryl methyl sites for hydroxylation is 3.